The van der Waals surface area contributed by atoms with Crippen molar-refractivity contribution in [2.24, 2.45) is 0 Å². The number of hydrogen-bond donors (Lipinski definition) is 1. The fourth-order valence-electron chi connectivity index (χ4n) is 2.07. The summed E-state index contributed by atoms with van der Waals surface area (Å²) in [5, 5.41) is 4.06. The van der Waals surface area contributed by atoms with Gasteiger partial charge in [-0.15, -0.1) is 11.3 Å². The molecule has 0 spiro atoms. The summed E-state index contributed by atoms with van der Waals surface area (Å²) in [6.07, 6.45) is 0. The van der Waals surface area contributed by atoms with Crippen molar-refractivity contribution in [3.8, 4) is 0 Å². The van der Waals surface area contributed by atoms with Gasteiger partial charge in [0.15, 0.2) is 0 Å². The molecule has 0 radical (unpaired) electrons. The Morgan fingerprint density at radius 2 is 2.10 bits per heavy atom. The van der Waals surface area contributed by atoms with Crippen molar-refractivity contribution in [1.82, 2.24) is 20.2 Å². The third kappa shape index (κ3) is 3.51. The van der Waals surface area contributed by atoms with E-state index in [9.17, 15) is 4.79 Å². The van der Waals surface area contributed by atoms with Crippen LogP contribution in [0.15, 0.2) is 0 Å². The van der Waals surface area contributed by atoms with E-state index in [1.54, 1.807) is 18.4 Å². The number of fused-ring (bicyclic) bond motifs is 1. The molecule has 7 heteroatoms. The van der Waals surface area contributed by atoms with E-state index in [0.29, 0.717) is 24.1 Å². The zero-order valence-corrected chi connectivity index (χ0v) is 14.2. The van der Waals surface area contributed by atoms with Crippen LogP contribution in [0.2, 0.25) is 5.15 Å². The van der Waals surface area contributed by atoms with Gasteiger partial charge in [0.2, 0.25) is 5.91 Å². The van der Waals surface area contributed by atoms with Crippen molar-refractivity contribution in [3.63, 3.8) is 0 Å². The number of likely N-dealkylation sites (N-methyl/N-ethyl adjacent to an activating group) is 2. The molecule has 2 heterocycles. The van der Waals surface area contributed by atoms with Crippen LogP contribution >= 0.6 is 22.9 Å². The molecular formula is C14H19ClN4OS. The van der Waals surface area contributed by atoms with Crippen LogP contribution in [-0.4, -0.2) is 40.9 Å². The maximum absolute atomic E-state index is 11.5. The standard InChI is InChI=1S/C14H19ClN4OS/c1-5-19(7-11(20)16-4)6-10-17-13(15)12-8(2)9(3)21-14(12)18-10/h5-7H2,1-4H3,(H,16,20). The number of carbonyl (C=O) groups excluding carboxylic acids is 1. The molecular weight excluding hydrogens is 308 g/mol. The lowest BCUT2D eigenvalue weighted by atomic mass is 10.2. The lowest BCUT2D eigenvalue weighted by Gasteiger charge is -2.18. The smallest absolute Gasteiger partial charge is 0.233 e. The number of rotatable bonds is 5. The third-order valence-corrected chi connectivity index (χ3v) is 4.86. The highest BCUT2D eigenvalue weighted by Gasteiger charge is 2.15. The first-order chi connectivity index (χ1) is 9.96. The first-order valence-corrected chi connectivity index (χ1v) is 8.00. The monoisotopic (exact) mass is 326 g/mol. The van der Waals surface area contributed by atoms with Gasteiger partial charge in [-0.3, -0.25) is 9.69 Å². The fraction of sp³-hybridized carbons (Fsp3) is 0.500. The maximum Gasteiger partial charge on any atom is 0.233 e. The molecule has 0 aliphatic rings. The van der Waals surface area contributed by atoms with Gasteiger partial charge >= 0.3 is 0 Å². The normalized spacial score (nSPS) is 11.3. The van der Waals surface area contributed by atoms with Crippen molar-refractivity contribution in [3.05, 3.63) is 21.4 Å². The highest BCUT2D eigenvalue weighted by molar-refractivity contribution is 7.18. The van der Waals surface area contributed by atoms with Crippen molar-refractivity contribution in [2.45, 2.75) is 27.3 Å². The van der Waals surface area contributed by atoms with E-state index in [1.807, 2.05) is 18.7 Å². The Balaban J connectivity index is 2.28. The number of nitrogens with zero attached hydrogens (tertiary/aromatic N) is 3. The molecule has 0 saturated carbocycles. The predicted octanol–water partition coefficient (Wildman–Crippen LogP) is 2.53. The number of thiophene rings is 1. The lowest BCUT2D eigenvalue weighted by molar-refractivity contribution is -0.121. The number of halogens is 1. The van der Waals surface area contributed by atoms with Gasteiger partial charge in [-0.1, -0.05) is 18.5 Å². The minimum Gasteiger partial charge on any atom is -0.358 e. The van der Waals surface area contributed by atoms with E-state index in [4.69, 9.17) is 11.6 Å². The van der Waals surface area contributed by atoms with E-state index in [0.717, 1.165) is 22.3 Å². The van der Waals surface area contributed by atoms with Gasteiger partial charge in [0.1, 0.15) is 15.8 Å². The molecule has 0 saturated heterocycles. The topological polar surface area (TPSA) is 58.1 Å². The molecule has 0 aliphatic heterocycles. The number of hydrogen-bond acceptors (Lipinski definition) is 5. The molecule has 2 aromatic rings. The van der Waals surface area contributed by atoms with Crippen LogP contribution < -0.4 is 5.32 Å². The summed E-state index contributed by atoms with van der Waals surface area (Å²) >= 11 is 7.93. The van der Waals surface area contributed by atoms with Crippen molar-refractivity contribution in [2.75, 3.05) is 20.1 Å². The highest BCUT2D eigenvalue weighted by atomic mass is 35.5. The van der Waals surface area contributed by atoms with Gasteiger partial charge in [0, 0.05) is 11.9 Å². The van der Waals surface area contributed by atoms with Gasteiger partial charge in [-0.2, -0.15) is 0 Å². The summed E-state index contributed by atoms with van der Waals surface area (Å²) in [5.41, 5.74) is 1.14. The van der Waals surface area contributed by atoms with Gasteiger partial charge < -0.3 is 5.32 Å². The molecule has 2 aromatic heterocycles. The Hall–Kier alpha value is -1.24. The summed E-state index contributed by atoms with van der Waals surface area (Å²) in [5.74, 6) is 0.631. The molecule has 0 aliphatic carbocycles. The second-order valence-corrected chi connectivity index (χ2v) is 6.43. The third-order valence-electron chi connectivity index (χ3n) is 3.49. The Labute approximate surface area is 133 Å². The van der Waals surface area contributed by atoms with Crippen molar-refractivity contribution < 1.29 is 4.79 Å². The van der Waals surface area contributed by atoms with Crippen molar-refractivity contribution >= 4 is 39.1 Å². The van der Waals surface area contributed by atoms with Crippen LogP contribution in [-0.2, 0) is 11.3 Å². The van der Waals surface area contributed by atoms with E-state index >= 15 is 0 Å². The van der Waals surface area contributed by atoms with Crippen LogP contribution in [0.1, 0.15) is 23.2 Å². The Morgan fingerprint density at radius 3 is 2.71 bits per heavy atom. The van der Waals surface area contributed by atoms with Gasteiger partial charge in [0.25, 0.3) is 0 Å². The average molecular weight is 327 g/mol. The minimum atomic E-state index is -0.0214. The highest BCUT2D eigenvalue weighted by Crippen LogP contribution is 2.32. The van der Waals surface area contributed by atoms with E-state index < -0.39 is 0 Å². The maximum atomic E-state index is 11.5. The number of nitrogens with one attached hydrogen (secondary N) is 1. The number of amides is 1. The number of carbonyl (C=O) groups is 1. The van der Waals surface area contributed by atoms with E-state index in [-0.39, 0.29) is 5.91 Å². The molecule has 1 amide bonds. The van der Waals surface area contributed by atoms with Gasteiger partial charge in [-0.25, -0.2) is 9.97 Å². The molecule has 1 N–H and O–H groups in total. The van der Waals surface area contributed by atoms with Crippen LogP contribution in [0, 0.1) is 13.8 Å². The fourth-order valence-corrected chi connectivity index (χ4v) is 3.51. The summed E-state index contributed by atoms with van der Waals surface area (Å²) in [6, 6.07) is 0. The first kappa shape index (κ1) is 16.1. The minimum absolute atomic E-state index is 0.0214. The summed E-state index contributed by atoms with van der Waals surface area (Å²) < 4.78 is 0. The largest absolute Gasteiger partial charge is 0.358 e. The Kier molecular flexibility index (Phi) is 5.13. The van der Waals surface area contributed by atoms with Crippen LogP contribution in [0.5, 0.6) is 0 Å². The van der Waals surface area contributed by atoms with Gasteiger partial charge in [0.05, 0.1) is 18.5 Å². The van der Waals surface area contributed by atoms with Crippen LogP contribution in [0.25, 0.3) is 10.2 Å². The molecule has 0 unspecified atom stereocenters. The second kappa shape index (κ2) is 6.68. The van der Waals surface area contributed by atoms with E-state index in [1.165, 1.54) is 4.88 Å². The molecule has 21 heavy (non-hydrogen) atoms. The quantitative estimate of drug-likeness (QED) is 0.858. The number of aryl methyl sites for hydroxylation is 2. The molecule has 2 rings (SSSR count). The lowest BCUT2D eigenvalue weighted by Crippen LogP contribution is -2.35. The molecule has 0 fully saturated rings. The summed E-state index contributed by atoms with van der Waals surface area (Å²) in [7, 11) is 1.63. The molecule has 0 atom stereocenters. The molecule has 114 valence electrons. The second-order valence-electron chi connectivity index (χ2n) is 4.87. The number of aromatic nitrogens is 2. The summed E-state index contributed by atoms with van der Waals surface area (Å²) in [4.78, 5) is 24.5. The van der Waals surface area contributed by atoms with Crippen LogP contribution in [0.3, 0.4) is 0 Å². The van der Waals surface area contributed by atoms with E-state index in [2.05, 4.69) is 22.2 Å². The zero-order chi connectivity index (χ0) is 15.6. The average Bonchev–Trinajstić information content (AvgIpc) is 2.73. The first-order valence-electron chi connectivity index (χ1n) is 6.81. The zero-order valence-electron chi connectivity index (χ0n) is 12.7. The summed E-state index contributed by atoms with van der Waals surface area (Å²) in [6.45, 7) is 7.68. The Bertz CT molecular complexity index is 671. The SMILES string of the molecule is CCN(CC(=O)NC)Cc1nc(Cl)c2c(C)c(C)sc2n1. The van der Waals surface area contributed by atoms with Gasteiger partial charge in [-0.05, 0) is 26.0 Å². The Morgan fingerprint density at radius 1 is 1.38 bits per heavy atom. The molecule has 0 bridgehead atoms. The van der Waals surface area contributed by atoms with Crippen molar-refractivity contribution in [1.29, 1.82) is 0 Å². The molecule has 0 aromatic carbocycles. The van der Waals surface area contributed by atoms with Crippen LogP contribution in [0.4, 0.5) is 0 Å². The molecule has 5 nitrogen and oxygen atoms in total. The predicted molar refractivity (Wildman–Crippen MR) is 86.9 cm³/mol.